The van der Waals surface area contributed by atoms with Gasteiger partial charge in [-0.3, -0.25) is 4.79 Å². The van der Waals surface area contributed by atoms with E-state index in [9.17, 15) is 4.79 Å². The van der Waals surface area contributed by atoms with Gasteiger partial charge in [-0.2, -0.15) is 0 Å². The standard InChI is InChI=1S/C14H10OS2/c1-9-2-4-10(5-3-9)11-6-7-12-13(8-11)17-14(15)16-12/h2-8H,1H3. The zero-order chi connectivity index (χ0) is 11.8. The second kappa shape index (κ2) is 4.09. The molecule has 3 heteroatoms. The predicted octanol–water partition coefficient (Wildman–Crippen LogP) is 4.30. The lowest BCUT2D eigenvalue weighted by Gasteiger charge is -2.02. The molecule has 3 aromatic rings. The van der Waals surface area contributed by atoms with Crippen molar-refractivity contribution >= 4 is 32.1 Å². The Bertz CT molecular complexity index is 720. The summed E-state index contributed by atoms with van der Waals surface area (Å²) >= 11 is 2.65. The van der Waals surface area contributed by atoms with Gasteiger partial charge in [0.1, 0.15) is 0 Å². The van der Waals surface area contributed by atoms with Crippen molar-refractivity contribution in [1.29, 1.82) is 0 Å². The van der Waals surface area contributed by atoms with E-state index < -0.39 is 0 Å². The lowest BCUT2D eigenvalue weighted by molar-refractivity contribution is 1.47. The molecule has 0 bridgehead atoms. The molecule has 0 unspecified atom stereocenters. The molecule has 0 N–H and O–H groups in total. The van der Waals surface area contributed by atoms with Crippen LogP contribution in [0.5, 0.6) is 0 Å². The average Bonchev–Trinajstić information content (AvgIpc) is 2.69. The highest BCUT2D eigenvalue weighted by atomic mass is 32.2. The number of rotatable bonds is 1. The van der Waals surface area contributed by atoms with Crippen molar-refractivity contribution < 1.29 is 0 Å². The molecule has 0 fully saturated rings. The van der Waals surface area contributed by atoms with Gasteiger partial charge < -0.3 is 0 Å². The minimum Gasteiger partial charge on any atom is -0.265 e. The second-order valence-electron chi connectivity index (χ2n) is 3.98. The summed E-state index contributed by atoms with van der Waals surface area (Å²) in [6, 6.07) is 14.7. The van der Waals surface area contributed by atoms with Crippen LogP contribution < -0.4 is 4.06 Å². The molecular weight excluding hydrogens is 248 g/mol. The number of hydrogen-bond acceptors (Lipinski definition) is 3. The van der Waals surface area contributed by atoms with Crippen LogP contribution in [0.2, 0.25) is 0 Å². The van der Waals surface area contributed by atoms with Gasteiger partial charge in [-0.15, -0.1) is 0 Å². The van der Waals surface area contributed by atoms with E-state index in [-0.39, 0.29) is 4.06 Å². The fourth-order valence-corrected chi connectivity index (χ4v) is 3.76. The lowest BCUT2D eigenvalue weighted by Crippen LogP contribution is -1.77. The van der Waals surface area contributed by atoms with Crippen molar-refractivity contribution in [2.24, 2.45) is 0 Å². The highest BCUT2D eigenvalue weighted by Crippen LogP contribution is 2.28. The van der Waals surface area contributed by atoms with Gasteiger partial charge in [0.25, 0.3) is 4.06 Å². The molecule has 0 saturated heterocycles. The molecule has 3 rings (SSSR count). The fraction of sp³-hybridized carbons (Fsp3) is 0.0714. The summed E-state index contributed by atoms with van der Waals surface area (Å²) in [5.41, 5.74) is 3.63. The maximum atomic E-state index is 11.3. The molecule has 0 aliphatic carbocycles. The van der Waals surface area contributed by atoms with Crippen LogP contribution in [-0.2, 0) is 0 Å². The summed E-state index contributed by atoms with van der Waals surface area (Å²) in [6.07, 6.45) is 0. The van der Waals surface area contributed by atoms with Gasteiger partial charge in [-0.05, 0) is 30.2 Å². The van der Waals surface area contributed by atoms with Gasteiger partial charge in [0.05, 0.1) is 0 Å². The number of fused-ring (bicyclic) bond motifs is 1. The Morgan fingerprint density at radius 2 is 1.47 bits per heavy atom. The van der Waals surface area contributed by atoms with Crippen molar-refractivity contribution in [3.63, 3.8) is 0 Å². The first-order chi connectivity index (χ1) is 8.22. The largest absolute Gasteiger partial charge is 0.288 e. The number of hydrogen-bond donors (Lipinski definition) is 0. The zero-order valence-electron chi connectivity index (χ0n) is 9.27. The Labute approximate surface area is 107 Å². The van der Waals surface area contributed by atoms with Gasteiger partial charge in [-0.1, -0.05) is 58.6 Å². The summed E-state index contributed by atoms with van der Waals surface area (Å²) in [4.78, 5) is 11.3. The normalized spacial score (nSPS) is 10.9. The first kappa shape index (κ1) is 10.7. The molecule has 1 aromatic heterocycles. The van der Waals surface area contributed by atoms with Gasteiger partial charge in [0, 0.05) is 9.40 Å². The van der Waals surface area contributed by atoms with Crippen LogP contribution in [0.4, 0.5) is 0 Å². The van der Waals surface area contributed by atoms with Crippen LogP contribution in [0.1, 0.15) is 5.56 Å². The van der Waals surface area contributed by atoms with Crippen molar-refractivity contribution in [2.75, 3.05) is 0 Å². The average molecular weight is 258 g/mol. The molecular formula is C14H10OS2. The van der Waals surface area contributed by atoms with Gasteiger partial charge in [0.2, 0.25) is 0 Å². The Kier molecular flexibility index (Phi) is 2.57. The third-order valence-corrected chi connectivity index (χ3v) is 4.81. The molecule has 0 aliphatic heterocycles. The third kappa shape index (κ3) is 2.04. The Morgan fingerprint density at radius 1 is 0.824 bits per heavy atom. The number of aryl methyl sites for hydroxylation is 1. The Hall–Kier alpha value is -1.45. The lowest BCUT2D eigenvalue weighted by atomic mass is 10.0. The number of benzene rings is 2. The Balaban J connectivity index is 2.17. The van der Waals surface area contributed by atoms with E-state index in [4.69, 9.17) is 0 Å². The van der Waals surface area contributed by atoms with Crippen molar-refractivity contribution in [2.45, 2.75) is 6.92 Å². The highest BCUT2D eigenvalue weighted by molar-refractivity contribution is 7.35. The third-order valence-electron chi connectivity index (χ3n) is 2.72. The molecule has 0 spiro atoms. The van der Waals surface area contributed by atoms with E-state index >= 15 is 0 Å². The van der Waals surface area contributed by atoms with Gasteiger partial charge in [0.15, 0.2) is 0 Å². The van der Waals surface area contributed by atoms with Crippen LogP contribution in [0.3, 0.4) is 0 Å². The topological polar surface area (TPSA) is 17.1 Å². The maximum Gasteiger partial charge on any atom is 0.288 e. The minimum absolute atomic E-state index is 0.168. The van der Waals surface area contributed by atoms with Crippen molar-refractivity contribution in [1.82, 2.24) is 0 Å². The molecule has 0 radical (unpaired) electrons. The van der Waals surface area contributed by atoms with Crippen LogP contribution in [0, 0.1) is 6.92 Å². The summed E-state index contributed by atoms with van der Waals surface area (Å²) in [6.45, 7) is 2.08. The van der Waals surface area contributed by atoms with E-state index in [2.05, 4.69) is 43.3 Å². The fourth-order valence-electron chi connectivity index (χ4n) is 1.80. The zero-order valence-corrected chi connectivity index (χ0v) is 10.9. The van der Waals surface area contributed by atoms with E-state index in [1.165, 1.54) is 39.4 Å². The first-order valence-electron chi connectivity index (χ1n) is 5.33. The summed E-state index contributed by atoms with van der Waals surface area (Å²) in [7, 11) is 0. The summed E-state index contributed by atoms with van der Waals surface area (Å²) in [5, 5.41) is 0. The molecule has 17 heavy (non-hydrogen) atoms. The van der Waals surface area contributed by atoms with Crippen LogP contribution in [0.25, 0.3) is 20.5 Å². The van der Waals surface area contributed by atoms with Gasteiger partial charge >= 0.3 is 0 Å². The predicted molar refractivity (Wildman–Crippen MR) is 76.1 cm³/mol. The molecule has 0 aliphatic rings. The van der Waals surface area contributed by atoms with Crippen LogP contribution in [-0.4, -0.2) is 0 Å². The molecule has 0 saturated carbocycles. The van der Waals surface area contributed by atoms with Crippen LogP contribution in [0.15, 0.2) is 47.3 Å². The smallest absolute Gasteiger partial charge is 0.265 e. The van der Waals surface area contributed by atoms with E-state index in [1.54, 1.807) is 0 Å². The monoisotopic (exact) mass is 258 g/mol. The molecule has 1 heterocycles. The maximum absolute atomic E-state index is 11.3. The molecule has 0 atom stereocenters. The van der Waals surface area contributed by atoms with Crippen molar-refractivity contribution in [3.8, 4) is 11.1 Å². The van der Waals surface area contributed by atoms with E-state index in [0.29, 0.717) is 0 Å². The molecule has 84 valence electrons. The quantitative estimate of drug-likeness (QED) is 0.636. The highest BCUT2D eigenvalue weighted by Gasteiger charge is 2.03. The minimum atomic E-state index is 0.168. The van der Waals surface area contributed by atoms with Crippen LogP contribution >= 0.6 is 22.7 Å². The van der Waals surface area contributed by atoms with Gasteiger partial charge in [-0.25, -0.2) is 0 Å². The van der Waals surface area contributed by atoms with Crippen molar-refractivity contribution in [3.05, 3.63) is 56.9 Å². The first-order valence-corrected chi connectivity index (χ1v) is 6.96. The summed E-state index contributed by atoms with van der Waals surface area (Å²) in [5.74, 6) is 0. The van der Waals surface area contributed by atoms with E-state index in [0.717, 1.165) is 9.40 Å². The van der Waals surface area contributed by atoms with E-state index in [1.807, 2.05) is 6.07 Å². The SMILES string of the molecule is Cc1ccc(-c2ccc3sc(=O)sc3c2)cc1. The molecule has 1 nitrogen and oxygen atoms in total. The molecule has 2 aromatic carbocycles. The molecule has 0 amide bonds. The Morgan fingerprint density at radius 3 is 2.24 bits per heavy atom. The second-order valence-corrected chi connectivity index (χ2v) is 6.27. The summed E-state index contributed by atoms with van der Waals surface area (Å²) < 4.78 is 2.33.